The summed E-state index contributed by atoms with van der Waals surface area (Å²) in [5, 5.41) is 3.54. The van der Waals surface area contributed by atoms with Gasteiger partial charge in [-0.25, -0.2) is 9.97 Å². The maximum Gasteiger partial charge on any atom is 0.159 e. The monoisotopic (exact) mass is 521 g/mol. The molecule has 3 aromatic heterocycles. The van der Waals surface area contributed by atoms with Crippen LogP contribution in [0.4, 0.5) is 0 Å². The standard InChI is InChI=1S/C38H23N3/c1-3-16-29-25(12-1)26-13-2-4-17-31(26)37-32(23-24-11-10-22-39-38(24)40-37)30-18-9-21-35(36(29)30)41-33-19-7-5-14-27(33)28-15-6-8-20-34(28)41/h1-23H. The molecular weight excluding hydrogens is 498 g/mol. The molecular formula is C38H23N3. The molecule has 5 aromatic carbocycles. The minimum absolute atomic E-state index is 0.759. The van der Waals surface area contributed by atoms with E-state index in [0.717, 1.165) is 33.5 Å². The molecule has 0 fully saturated rings. The van der Waals surface area contributed by atoms with E-state index in [-0.39, 0.29) is 0 Å². The van der Waals surface area contributed by atoms with Crippen LogP contribution in [0.2, 0.25) is 0 Å². The van der Waals surface area contributed by atoms with Gasteiger partial charge in [0.05, 0.1) is 22.4 Å². The molecule has 0 aliphatic heterocycles. The summed E-state index contributed by atoms with van der Waals surface area (Å²) in [6, 6.07) is 47.9. The second-order valence-corrected chi connectivity index (χ2v) is 10.6. The smallest absolute Gasteiger partial charge is 0.159 e. The van der Waals surface area contributed by atoms with Gasteiger partial charge in [-0.15, -0.1) is 0 Å². The number of aromatic nitrogens is 3. The molecule has 0 saturated heterocycles. The van der Waals surface area contributed by atoms with Crippen molar-refractivity contribution in [2.75, 3.05) is 0 Å². The Kier molecular flexibility index (Phi) is 4.61. The lowest BCUT2D eigenvalue weighted by molar-refractivity contribution is 1.18. The molecule has 8 aromatic rings. The van der Waals surface area contributed by atoms with Crippen LogP contribution in [0.5, 0.6) is 0 Å². The van der Waals surface area contributed by atoms with E-state index in [9.17, 15) is 0 Å². The van der Waals surface area contributed by atoms with Crippen molar-refractivity contribution in [3.05, 3.63) is 140 Å². The lowest BCUT2D eigenvalue weighted by atomic mass is 9.82. The van der Waals surface area contributed by atoms with E-state index in [0.29, 0.717) is 0 Å². The topological polar surface area (TPSA) is 30.7 Å². The molecule has 0 atom stereocenters. The average Bonchev–Trinajstić information content (AvgIpc) is 3.37. The van der Waals surface area contributed by atoms with Crippen LogP contribution in [-0.4, -0.2) is 14.5 Å². The highest BCUT2D eigenvalue weighted by atomic mass is 15.0. The van der Waals surface area contributed by atoms with Gasteiger partial charge < -0.3 is 4.57 Å². The number of hydrogen-bond donors (Lipinski definition) is 0. The average molecular weight is 522 g/mol. The van der Waals surface area contributed by atoms with Crippen molar-refractivity contribution in [2.24, 2.45) is 0 Å². The number of fused-ring (bicyclic) bond motifs is 12. The first kappa shape index (κ1) is 22.3. The second-order valence-electron chi connectivity index (χ2n) is 10.6. The Morgan fingerprint density at radius 1 is 0.463 bits per heavy atom. The maximum atomic E-state index is 5.20. The van der Waals surface area contributed by atoms with Gasteiger partial charge in [0.15, 0.2) is 5.65 Å². The minimum Gasteiger partial charge on any atom is -0.309 e. The fraction of sp³-hybridized carbons (Fsp3) is 0. The SMILES string of the molecule is c1ccc2c(c1)-c1ccccc1-c1c(cccc1-n1c3ccccc3c3ccccc31)-c1cc3cccnc3nc1-2. The van der Waals surface area contributed by atoms with Gasteiger partial charge in [0, 0.05) is 39.0 Å². The van der Waals surface area contributed by atoms with Gasteiger partial charge in [0.1, 0.15) is 0 Å². The van der Waals surface area contributed by atoms with Crippen molar-refractivity contribution in [3.8, 4) is 50.3 Å². The van der Waals surface area contributed by atoms with Crippen molar-refractivity contribution >= 4 is 32.8 Å². The molecule has 0 radical (unpaired) electrons. The Bertz CT molecular complexity index is 2270. The van der Waals surface area contributed by atoms with Gasteiger partial charge in [-0.2, -0.15) is 0 Å². The second kappa shape index (κ2) is 8.48. The van der Waals surface area contributed by atoms with Crippen LogP contribution in [0.3, 0.4) is 0 Å². The zero-order chi connectivity index (χ0) is 26.9. The Balaban J connectivity index is 1.50. The highest BCUT2D eigenvalue weighted by molar-refractivity contribution is 6.11. The molecule has 0 amide bonds. The first-order valence-corrected chi connectivity index (χ1v) is 13.9. The molecule has 3 heterocycles. The Morgan fingerprint density at radius 2 is 1.07 bits per heavy atom. The number of rotatable bonds is 1. The Labute approximate surface area is 237 Å². The molecule has 190 valence electrons. The zero-order valence-corrected chi connectivity index (χ0v) is 22.1. The fourth-order valence-corrected chi connectivity index (χ4v) is 6.69. The number of pyridine rings is 2. The largest absolute Gasteiger partial charge is 0.309 e. The highest BCUT2D eigenvalue weighted by Gasteiger charge is 2.26. The lowest BCUT2D eigenvalue weighted by Crippen LogP contribution is -2.04. The normalized spacial score (nSPS) is 11.9. The van der Waals surface area contributed by atoms with E-state index >= 15 is 0 Å². The van der Waals surface area contributed by atoms with Gasteiger partial charge in [0.25, 0.3) is 0 Å². The van der Waals surface area contributed by atoms with Crippen LogP contribution in [0.1, 0.15) is 0 Å². The van der Waals surface area contributed by atoms with Gasteiger partial charge in [-0.1, -0.05) is 97.1 Å². The molecule has 0 N–H and O–H groups in total. The maximum absolute atomic E-state index is 5.20. The molecule has 41 heavy (non-hydrogen) atoms. The summed E-state index contributed by atoms with van der Waals surface area (Å²) >= 11 is 0. The van der Waals surface area contributed by atoms with Gasteiger partial charge in [-0.3, -0.25) is 0 Å². The van der Waals surface area contributed by atoms with E-state index in [1.807, 2.05) is 12.3 Å². The molecule has 0 saturated carbocycles. The molecule has 3 heteroatoms. The van der Waals surface area contributed by atoms with E-state index in [4.69, 9.17) is 4.98 Å². The number of nitrogens with zero attached hydrogens (tertiary/aromatic N) is 3. The quantitative estimate of drug-likeness (QED) is 0.215. The van der Waals surface area contributed by atoms with Crippen LogP contribution in [0.15, 0.2) is 140 Å². The third-order valence-corrected chi connectivity index (χ3v) is 8.41. The third kappa shape index (κ3) is 3.14. The minimum atomic E-state index is 0.759. The molecule has 0 spiro atoms. The summed E-state index contributed by atoms with van der Waals surface area (Å²) in [5.74, 6) is 0. The first-order valence-electron chi connectivity index (χ1n) is 13.9. The molecule has 0 unspecified atom stereocenters. The highest BCUT2D eigenvalue weighted by Crippen LogP contribution is 2.50. The van der Waals surface area contributed by atoms with Crippen molar-refractivity contribution in [1.82, 2.24) is 14.5 Å². The van der Waals surface area contributed by atoms with Crippen molar-refractivity contribution in [3.63, 3.8) is 0 Å². The van der Waals surface area contributed by atoms with Gasteiger partial charge in [0.2, 0.25) is 0 Å². The summed E-state index contributed by atoms with van der Waals surface area (Å²) in [6.45, 7) is 0. The fourth-order valence-electron chi connectivity index (χ4n) is 6.69. The molecule has 9 rings (SSSR count). The molecule has 1 aliphatic rings. The van der Waals surface area contributed by atoms with Gasteiger partial charge in [-0.05, 0) is 58.7 Å². The number of para-hydroxylation sites is 2. The lowest BCUT2D eigenvalue weighted by Gasteiger charge is -2.25. The molecule has 3 nitrogen and oxygen atoms in total. The Morgan fingerprint density at radius 3 is 1.83 bits per heavy atom. The van der Waals surface area contributed by atoms with Crippen molar-refractivity contribution in [2.45, 2.75) is 0 Å². The van der Waals surface area contributed by atoms with E-state index in [1.54, 1.807) is 0 Å². The predicted octanol–water partition coefficient (Wildman–Crippen LogP) is 9.71. The van der Waals surface area contributed by atoms with Crippen LogP contribution in [-0.2, 0) is 0 Å². The Hall–Kier alpha value is -5.54. The summed E-state index contributed by atoms with van der Waals surface area (Å²) < 4.78 is 2.43. The summed E-state index contributed by atoms with van der Waals surface area (Å²) in [4.78, 5) is 9.83. The van der Waals surface area contributed by atoms with Crippen LogP contribution in [0.25, 0.3) is 83.2 Å². The number of hydrogen-bond acceptors (Lipinski definition) is 2. The van der Waals surface area contributed by atoms with Crippen LogP contribution in [0, 0.1) is 0 Å². The molecule has 1 aliphatic carbocycles. The van der Waals surface area contributed by atoms with Crippen LogP contribution < -0.4 is 0 Å². The first-order chi connectivity index (χ1) is 20.4. The van der Waals surface area contributed by atoms with E-state index in [1.165, 1.54) is 49.6 Å². The molecule has 0 bridgehead atoms. The summed E-state index contributed by atoms with van der Waals surface area (Å²) in [7, 11) is 0. The number of benzene rings is 5. The summed E-state index contributed by atoms with van der Waals surface area (Å²) in [5.41, 5.74) is 13.5. The predicted molar refractivity (Wildman–Crippen MR) is 169 cm³/mol. The van der Waals surface area contributed by atoms with Gasteiger partial charge >= 0.3 is 0 Å². The zero-order valence-electron chi connectivity index (χ0n) is 22.1. The van der Waals surface area contributed by atoms with Crippen molar-refractivity contribution < 1.29 is 0 Å². The van der Waals surface area contributed by atoms with Crippen molar-refractivity contribution in [1.29, 1.82) is 0 Å². The third-order valence-electron chi connectivity index (χ3n) is 8.41. The van der Waals surface area contributed by atoms with E-state index in [2.05, 4.69) is 137 Å². The van der Waals surface area contributed by atoms with E-state index < -0.39 is 0 Å². The van der Waals surface area contributed by atoms with Crippen LogP contribution >= 0.6 is 0 Å². The summed E-state index contributed by atoms with van der Waals surface area (Å²) in [6.07, 6.45) is 1.82.